The first-order valence-electron chi connectivity index (χ1n) is 5.94. The average molecular weight is 228 g/mol. The van der Waals surface area contributed by atoms with Crippen molar-refractivity contribution in [2.75, 3.05) is 0 Å². The maximum atomic E-state index is 2.20. The van der Waals surface area contributed by atoms with Crippen LogP contribution in [0.4, 0.5) is 0 Å². The molecule has 0 atom stereocenters. The van der Waals surface area contributed by atoms with Crippen LogP contribution < -0.4 is 0 Å². The van der Waals surface area contributed by atoms with Gasteiger partial charge >= 0.3 is 0 Å². The molecule has 0 N–H and O–H groups in total. The Bertz CT molecular complexity index is 384. The lowest BCUT2D eigenvalue weighted by Gasteiger charge is -2.01. The van der Waals surface area contributed by atoms with Crippen LogP contribution in [0.1, 0.15) is 38.0 Å². The molecule has 2 aromatic rings. The molecule has 0 saturated carbocycles. The molecule has 0 heterocycles. The molecule has 92 valence electrons. The van der Waals surface area contributed by atoms with Crippen LogP contribution in [0.5, 0.6) is 0 Å². The van der Waals surface area contributed by atoms with E-state index in [0.29, 0.717) is 0 Å². The Morgan fingerprint density at radius 2 is 1.18 bits per heavy atom. The molecular formula is C17H24. The van der Waals surface area contributed by atoms with Crippen molar-refractivity contribution >= 4 is 0 Å². The van der Waals surface area contributed by atoms with E-state index in [1.165, 1.54) is 16.7 Å². The smallest absolute Gasteiger partial charge is 0.00258 e. The highest BCUT2D eigenvalue weighted by Crippen LogP contribution is 2.09. The second-order valence-electron chi connectivity index (χ2n) is 3.65. The minimum atomic E-state index is 0. The molecule has 0 fully saturated rings. The Balaban J connectivity index is 0.000000811. The summed E-state index contributed by atoms with van der Waals surface area (Å²) in [4.78, 5) is 0. The van der Waals surface area contributed by atoms with Crippen molar-refractivity contribution in [3.05, 3.63) is 71.3 Å². The molecule has 0 aliphatic rings. The van der Waals surface area contributed by atoms with Crippen LogP contribution in [0.2, 0.25) is 0 Å². The lowest BCUT2D eigenvalue weighted by atomic mass is 10.0. The van der Waals surface area contributed by atoms with Crippen molar-refractivity contribution in [1.82, 2.24) is 0 Å². The van der Waals surface area contributed by atoms with E-state index >= 15 is 0 Å². The molecule has 0 aromatic heterocycles. The zero-order chi connectivity index (χ0) is 11.8. The summed E-state index contributed by atoms with van der Waals surface area (Å²) in [6, 6.07) is 19.3. The van der Waals surface area contributed by atoms with Gasteiger partial charge in [0.05, 0.1) is 0 Å². The van der Waals surface area contributed by atoms with E-state index < -0.39 is 0 Å². The monoisotopic (exact) mass is 228 g/mol. The van der Waals surface area contributed by atoms with Crippen molar-refractivity contribution < 1.29 is 0 Å². The summed E-state index contributed by atoms with van der Waals surface area (Å²) in [6.07, 6.45) is 1.03. The molecule has 0 aliphatic heterocycles. The van der Waals surface area contributed by atoms with Crippen LogP contribution >= 0.6 is 0 Å². The highest BCUT2D eigenvalue weighted by molar-refractivity contribution is 5.27. The van der Waals surface area contributed by atoms with Crippen molar-refractivity contribution in [1.29, 1.82) is 0 Å². The topological polar surface area (TPSA) is 0 Å². The van der Waals surface area contributed by atoms with Crippen LogP contribution in [-0.4, -0.2) is 0 Å². The summed E-state index contributed by atoms with van der Waals surface area (Å²) in [7, 11) is 0. The standard InChI is InChI=1S/C14H14.C2H6.CH4/c1-12-7-9-14(10-8-12)11-13-5-3-2-4-6-13;1-2;/h2-10H,11H2,1H3;1-2H3;1H4. The lowest BCUT2D eigenvalue weighted by molar-refractivity contribution is 1.19. The van der Waals surface area contributed by atoms with Crippen LogP contribution in [0, 0.1) is 6.92 Å². The van der Waals surface area contributed by atoms with Crippen molar-refractivity contribution in [3.63, 3.8) is 0 Å². The summed E-state index contributed by atoms with van der Waals surface area (Å²) in [6.45, 7) is 6.12. The van der Waals surface area contributed by atoms with Crippen LogP contribution in [0.3, 0.4) is 0 Å². The molecule has 0 amide bonds. The van der Waals surface area contributed by atoms with Crippen molar-refractivity contribution in [2.45, 2.75) is 34.6 Å². The van der Waals surface area contributed by atoms with Gasteiger partial charge in [0, 0.05) is 0 Å². The van der Waals surface area contributed by atoms with Gasteiger partial charge in [0.2, 0.25) is 0 Å². The minimum absolute atomic E-state index is 0. The fourth-order valence-electron chi connectivity index (χ4n) is 1.54. The first-order chi connectivity index (χ1) is 7.84. The highest BCUT2D eigenvalue weighted by atomic mass is 14.0. The lowest BCUT2D eigenvalue weighted by Crippen LogP contribution is -1.86. The third-order valence-electron chi connectivity index (χ3n) is 2.37. The summed E-state index contributed by atoms with van der Waals surface area (Å²) in [5.74, 6) is 0. The van der Waals surface area contributed by atoms with Crippen LogP contribution in [0.15, 0.2) is 54.6 Å². The third-order valence-corrected chi connectivity index (χ3v) is 2.37. The quantitative estimate of drug-likeness (QED) is 0.658. The maximum Gasteiger partial charge on any atom is -0.00258 e. The first-order valence-corrected chi connectivity index (χ1v) is 5.94. The van der Waals surface area contributed by atoms with E-state index in [0.717, 1.165) is 6.42 Å². The summed E-state index contributed by atoms with van der Waals surface area (Å²) in [5, 5.41) is 0. The van der Waals surface area contributed by atoms with Gasteiger partial charge in [-0.05, 0) is 24.5 Å². The zero-order valence-electron chi connectivity index (χ0n) is 10.4. The molecule has 17 heavy (non-hydrogen) atoms. The van der Waals surface area contributed by atoms with Gasteiger partial charge in [-0.15, -0.1) is 0 Å². The Morgan fingerprint density at radius 1 is 0.706 bits per heavy atom. The molecule has 0 spiro atoms. The van der Waals surface area contributed by atoms with Gasteiger partial charge < -0.3 is 0 Å². The largest absolute Gasteiger partial charge is 0.0776 e. The molecule has 0 nitrogen and oxygen atoms in total. The second-order valence-corrected chi connectivity index (χ2v) is 3.65. The van der Waals surface area contributed by atoms with E-state index in [-0.39, 0.29) is 7.43 Å². The number of hydrogen-bond donors (Lipinski definition) is 0. The van der Waals surface area contributed by atoms with Crippen molar-refractivity contribution in [3.8, 4) is 0 Å². The normalized spacial score (nSPS) is 8.65. The number of aryl methyl sites for hydroxylation is 1. The molecule has 2 aromatic carbocycles. The zero-order valence-corrected chi connectivity index (χ0v) is 10.4. The molecule has 2 rings (SSSR count). The Morgan fingerprint density at radius 3 is 1.71 bits per heavy atom. The first kappa shape index (κ1) is 15.4. The number of rotatable bonds is 2. The molecule has 0 radical (unpaired) electrons. The predicted octanol–water partition coefficient (Wildman–Crippen LogP) is 5.25. The highest BCUT2D eigenvalue weighted by Gasteiger charge is 1.94. The fraction of sp³-hybridized carbons (Fsp3) is 0.294. The van der Waals surface area contributed by atoms with Gasteiger partial charge in [0.25, 0.3) is 0 Å². The summed E-state index contributed by atoms with van der Waals surface area (Å²) >= 11 is 0. The molecule has 0 bridgehead atoms. The van der Waals surface area contributed by atoms with E-state index in [2.05, 4.69) is 61.5 Å². The third kappa shape index (κ3) is 5.35. The van der Waals surface area contributed by atoms with E-state index in [4.69, 9.17) is 0 Å². The minimum Gasteiger partial charge on any atom is -0.0776 e. The van der Waals surface area contributed by atoms with Gasteiger partial charge in [0.1, 0.15) is 0 Å². The second kappa shape index (κ2) is 8.58. The molecule has 0 unspecified atom stereocenters. The predicted molar refractivity (Wildman–Crippen MR) is 78.5 cm³/mol. The Labute approximate surface area is 106 Å². The number of benzene rings is 2. The SMILES string of the molecule is C.CC.Cc1ccc(Cc2ccccc2)cc1. The maximum absolute atomic E-state index is 2.20. The average Bonchev–Trinajstić information content (AvgIpc) is 2.36. The van der Waals surface area contributed by atoms with Gasteiger partial charge in [-0.3, -0.25) is 0 Å². The summed E-state index contributed by atoms with van der Waals surface area (Å²) in [5.41, 5.74) is 4.07. The van der Waals surface area contributed by atoms with Gasteiger partial charge in [-0.1, -0.05) is 81.4 Å². The molecule has 0 heteroatoms. The summed E-state index contributed by atoms with van der Waals surface area (Å²) < 4.78 is 0. The van der Waals surface area contributed by atoms with E-state index in [1.807, 2.05) is 13.8 Å². The molecule has 0 saturated heterocycles. The van der Waals surface area contributed by atoms with E-state index in [1.54, 1.807) is 0 Å². The Kier molecular flexibility index (Phi) is 7.79. The number of hydrogen-bond acceptors (Lipinski definition) is 0. The van der Waals surface area contributed by atoms with Crippen LogP contribution in [-0.2, 0) is 6.42 Å². The van der Waals surface area contributed by atoms with Crippen LogP contribution in [0.25, 0.3) is 0 Å². The Hall–Kier alpha value is -1.56. The van der Waals surface area contributed by atoms with Gasteiger partial charge in [0.15, 0.2) is 0 Å². The van der Waals surface area contributed by atoms with E-state index in [9.17, 15) is 0 Å². The van der Waals surface area contributed by atoms with Gasteiger partial charge in [-0.2, -0.15) is 0 Å². The van der Waals surface area contributed by atoms with Crippen molar-refractivity contribution in [2.24, 2.45) is 0 Å². The van der Waals surface area contributed by atoms with Gasteiger partial charge in [-0.25, -0.2) is 0 Å². The molecule has 0 aliphatic carbocycles. The fourth-order valence-corrected chi connectivity index (χ4v) is 1.54. The molecular weight excluding hydrogens is 204 g/mol.